The van der Waals surface area contributed by atoms with E-state index in [4.69, 9.17) is 5.11 Å². The summed E-state index contributed by atoms with van der Waals surface area (Å²) >= 11 is 0. The van der Waals surface area contributed by atoms with Gasteiger partial charge in [0.05, 0.1) is 22.3 Å². The van der Waals surface area contributed by atoms with Crippen molar-refractivity contribution in [1.29, 1.82) is 0 Å². The van der Waals surface area contributed by atoms with Crippen molar-refractivity contribution in [2.24, 2.45) is 0 Å². The number of carboxylic acid groups (broad SMARTS) is 1. The monoisotopic (exact) mass is 331 g/mol. The SMILES string of the molecule is O=C(O)c1ccc(S(=O)(=O)Nc2cnn(CC(F)F)c2)cc1. The van der Waals surface area contributed by atoms with E-state index < -0.39 is 29.0 Å². The average molecular weight is 331 g/mol. The van der Waals surface area contributed by atoms with E-state index in [1.165, 1.54) is 0 Å². The number of aromatic carboxylic acids is 1. The molecule has 22 heavy (non-hydrogen) atoms. The molecular weight excluding hydrogens is 320 g/mol. The smallest absolute Gasteiger partial charge is 0.335 e. The number of hydrogen-bond acceptors (Lipinski definition) is 4. The fraction of sp³-hybridized carbons (Fsp3) is 0.167. The Morgan fingerprint density at radius 1 is 1.32 bits per heavy atom. The second-order valence-electron chi connectivity index (χ2n) is 4.28. The van der Waals surface area contributed by atoms with Crippen LogP contribution < -0.4 is 4.72 Å². The van der Waals surface area contributed by atoms with Gasteiger partial charge in [-0.25, -0.2) is 22.0 Å². The van der Waals surface area contributed by atoms with Crippen molar-refractivity contribution >= 4 is 21.7 Å². The third-order valence-electron chi connectivity index (χ3n) is 2.62. The molecule has 7 nitrogen and oxygen atoms in total. The van der Waals surface area contributed by atoms with Crippen LogP contribution in [0.1, 0.15) is 10.4 Å². The summed E-state index contributed by atoms with van der Waals surface area (Å²) in [4.78, 5) is 10.6. The quantitative estimate of drug-likeness (QED) is 0.838. The maximum Gasteiger partial charge on any atom is 0.335 e. The van der Waals surface area contributed by atoms with Crippen LogP contribution in [0, 0.1) is 0 Å². The molecule has 0 aliphatic rings. The van der Waals surface area contributed by atoms with E-state index >= 15 is 0 Å². The van der Waals surface area contributed by atoms with Gasteiger partial charge < -0.3 is 5.11 Å². The molecule has 0 aliphatic heterocycles. The molecule has 2 N–H and O–H groups in total. The van der Waals surface area contributed by atoms with Crippen molar-refractivity contribution < 1.29 is 27.1 Å². The van der Waals surface area contributed by atoms with Crippen LogP contribution in [0.15, 0.2) is 41.6 Å². The third-order valence-corrected chi connectivity index (χ3v) is 4.02. The fourth-order valence-electron chi connectivity index (χ4n) is 1.65. The Morgan fingerprint density at radius 3 is 2.50 bits per heavy atom. The molecule has 0 unspecified atom stereocenters. The fourth-order valence-corrected chi connectivity index (χ4v) is 2.68. The molecule has 0 saturated carbocycles. The number of sulfonamides is 1. The largest absolute Gasteiger partial charge is 0.478 e. The van der Waals surface area contributed by atoms with Gasteiger partial charge in [-0.15, -0.1) is 0 Å². The molecule has 0 spiro atoms. The molecule has 0 saturated heterocycles. The first-order valence-corrected chi connectivity index (χ1v) is 7.43. The highest BCUT2D eigenvalue weighted by atomic mass is 32.2. The van der Waals surface area contributed by atoms with Crippen LogP contribution in [0.4, 0.5) is 14.5 Å². The number of carbonyl (C=O) groups is 1. The van der Waals surface area contributed by atoms with Gasteiger partial charge in [-0.2, -0.15) is 5.10 Å². The van der Waals surface area contributed by atoms with E-state index in [0.717, 1.165) is 41.3 Å². The van der Waals surface area contributed by atoms with Crippen molar-refractivity contribution in [3.05, 3.63) is 42.2 Å². The number of alkyl halides is 2. The van der Waals surface area contributed by atoms with Gasteiger partial charge in [0.1, 0.15) is 6.54 Å². The summed E-state index contributed by atoms with van der Waals surface area (Å²) < 4.78 is 51.6. The summed E-state index contributed by atoms with van der Waals surface area (Å²) in [6.07, 6.45) is -0.367. The van der Waals surface area contributed by atoms with Crippen LogP contribution in [-0.4, -0.2) is 35.7 Å². The number of carboxylic acids is 1. The van der Waals surface area contributed by atoms with Crippen LogP contribution in [0.2, 0.25) is 0 Å². The Hall–Kier alpha value is -2.49. The summed E-state index contributed by atoms with van der Waals surface area (Å²) in [7, 11) is -3.95. The second-order valence-corrected chi connectivity index (χ2v) is 5.96. The minimum atomic E-state index is -3.95. The summed E-state index contributed by atoms with van der Waals surface area (Å²) in [6, 6.07) is 4.57. The van der Waals surface area contributed by atoms with E-state index in [1.807, 2.05) is 0 Å². The first-order chi connectivity index (χ1) is 10.3. The highest BCUT2D eigenvalue weighted by Crippen LogP contribution is 2.16. The van der Waals surface area contributed by atoms with Gasteiger partial charge in [-0.3, -0.25) is 9.40 Å². The van der Waals surface area contributed by atoms with E-state index in [9.17, 15) is 22.0 Å². The first kappa shape index (κ1) is 15.9. The number of halogens is 2. The lowest BCUT2D eigenvalue weighted by Crippen LogP contribution is -2.13. The highest BCUT2D eigenvalue weighted by molar-refractivity contribution is 7.92. The van der Waals surface area contributed by atoms with Gasteiger partial charge in [0.15, 0.2) is 0 Å². The number of anilines is 1. The van der Waals surface area contributed by atoms with Crippen molar-refractivity contribution in [3.8, 4) is 0 Å². The number of nitrogens with one attached hydrogen (secondary N) is 1. The molecule has 0 radical (unpaired) electrons. The molecule has 1 aromatic heterocycles. The predicted octanol–water partition coefficient (Wildman–Crippen LogP) is 1.65. The molecule has 1 aromatic carbocycles. The molecule has 1 heterocycles. The zero-order chi connectivity index (χ0) is 16.3. The van der Waals surface area contributed by atoms with E-state index in [-0.39, 0.29) is 16.1 Å². The first-order valence-electron chi connectivity index (χ1n) is 5.95. The summed E-state index contributed by atoms with van der Waals surface area (Å²) in [5, 5.41) is 12.4. The summed E-state index contributed by atoms with van der Waals surface area (Å²) in [5.41, 5.74) is -0.0216. The number of benzene rings is 1. The van der Waals surface area contributed by atoms with Crippen molar-refractivity contribution in [1.82, 2.24) is 9.78 Å². The molecule has 0 aliphatic carbocycles. The minimum Gasteiger partial charge on any atom is -0.478 e. The lowest BCUT2D eigenvalue weighted by atomic mass is 10.2. The molecule has 118 valence electrons. The van der Waals surface area contributed by atoms with Crippen LogP contribution >= 0.6 is 0 Å². The molecule has 2 aromatic rings. The van der Waals surface area contributed by atoms with Crippen LogP contribution in [0.3, 0.4) is 0 Å². The summed E-state index contributed by atoms with van der Waals surface area (Å²) in [6.45, 7) is -0.644. The van der Waals surface area contributed by atoms with E-state index in [1.54, 1.807) is 0 Å². The Morgan fingerprint density at radius 2 is 1.95 bits per heavy atom. The normalized spacial score (nSPS) is 11.6. The highest BCUT2D eigenvalue weighted by Gasteiger charge is 2.16. The number of aromatic nitrogens is 2. The molecule has 0 bridgehead atoms. The van der Waals surface area contributed by atoms with Gasteiger partial charge in [-0.05, 0) is 24.3 Å². The van der Waals surface area contributed by atoms with Crippen molar-refractivity contribution in [2.75, 3.05) is 4.72 Å². The average Bonchev–Trinajstić information content (AvgIpc) is 2.84. The van der Waals surface area contributed by atoms with Crippen LogP contribution in [-0.2, 0) is 16.6 Å². The topological polar surface area (TPSA) is 101 Å². The standard InChI is InChI=1S/C12H11F2N3O4S/c13-11(14)7-17-6-9(5-15-17)16-22(20,21)10-3-1-8(2-4-10)12(18)19/h1-6,11,16H,7H2,(H,18,19). The lowest BCUT2D eigenvalue weighted by Gasteiger charge is -2.06. The van der Waals surface area contributed by atoms with Gasteiger partial charge in [-0.1, -0.05) is 0 Å². The van der Waals surface area contributed by atoms with Gasteiger partial charge in [0.25, 0.3) is 16.4 Å². The third kappa shape index (κ3) is 3.79. The predicted molar refractivity (Wildman–Crippen MR) is 72.4 cm³/mol. The van der Waals surface area contributed by atoms with Crippen molar-refractivity contribution in [3.63, 3.8) is 0 Å². The van der Waals surface area contributed by atoms with Crippen LogP contribution in [0.25, 0.3) is 0 Å². The van der Waals surface area contributed by atoms with Gasteiger partial charge in [0.2, 0.25) is 0 Å². The number of nitrogens with zero attached hydrogens (tertiary/aromatic N) is 2. The zero-order valence-electron chi connectivity index (χ0n) is 11.0. The number of hydrogen-bond donors (Lipinski definition) is 2. The lowest BCUT2D eigenvalue weighted by molar-refractivity contribution is 0.0696. The Balaban J connectivity index is 2.16. The van der Waals surface area contributed by atoms with Crippen molar-refractivity contribution in [2.45, 2.75) is 17.9 Å². The summed E-state index contributed by atoms with van der Waals surface area (Å²) in [5.74, 6) is -1.18. The molecule has 0 amide bonds. The maximum absolute atomic E-state index is 12.2. The van der Waals surface area contributed by atoms with Gasteiger partial charge in [0, 0.05) is 6.20 Å². The number of rotatable bonds is 6. The van der Waals surface area contributed by atoms with E-state index in [2.05, 4.69) is 9.82 Å². The molecule has 0 fully saturated rings. The Bertz CT molecular complexity index is 772. The zero-order valence-corrected chi connectivity index (χ0v) is 11.8. The second kappa shape index (κ2) is 6.10. The molecule has 0 atom stereocenters. The Kier molecular flexibility index (Phi) is 4.40. The van der Waals surface area contributed by atoms with Gasteiger partial charge >= 0.3 is 5.97 Å². The van der Waals surface area contributed by atoms with E-state index in [0.29, 0.717) is 0 Å². The molecular formula is C12H11F2N3O4S. The molecule has 10 heteroatoms. The maximum atomic E-state index is 12.2. The minimum absolute atomic E-state index is 0.0305. The Labute approximate surface area is 124 Å². The molecule has 2 rings (SSSR count). The van der Waals surface area contributed by atoms with Crippen LogP contribution in [0.5, 0.6) is 0 Å².